The van der Waals surface area contributed by atoms with Gasteiger partial charge in [0, 0.05) is 19.1 Å². The van der Waals surface area contributed by atoms with Crippen LogP contribution in [0.25, 0.3) is 0 Å². The summed E-state index contributed by atoms with van der Waals surface area (Å²) in [4.78, 5) is 0. The fourth-order valence-electron chi connectivity index (χ4n) is 2.58. The van der Waals surface area contributed by atoms with Gasteiger partial charge in [-0.15, -0.1) is 10.2 Å². The summed E-state index contributed by atoms with van der Waals surface area (Å²) in [6.07, 6.45) is 1.15. The second-order valence-corrected chi connectivity index (χ2v) is 5.05. The van der Waals surface area contributed by atoms with Crippen molar-refractivity contribution in [1.82, 2.24) is 10.2 Å². The Bertz CT molecular complexity index is 621. The molecule has 0 amide bonds. The molecule has 5 nitrogen and oxygen atoms in total. The van der Waals surface area contributed by atoms with E-state index in [0.717, 1.165) is 19.6 Å². The molecule has 2 heterocycles. The lowest BCUT2D eigenvalue weighted by Gasteiger charge is -2.19. The molecular weight excluding hydrogens is 264 g/mol. The summed E-state index contributed by atoms with van der Waals surface area (Å²) >= 11 is 0. The summed E-state index contributed by atoms with van der Waals surface area (Å²) in [6, 6.07) is 15.7. The van der Waals surface area contributed by atoms with Crippen LogP contribution in [-0.4, -0.2) is 23.3 Å². The second-order valence-electron chi connectivity index (χ2n) is 5.05. The van der Waals surface area contributed by atoms with Crippen LogP contribution in [0.2, 0.25) is 0 Å². The molecule has 1 aliphatic rings. The van der Waals surface area contributed by atoms with E-state index in [-0.39, 0.29) is 6.10 Å². The van der Waals surface area contributed by atoms with Gasteiger partial charge in [0.1, 0.15) is 11.9 Å². The van der Waals surface area contributed by atoms with Crippen LogP contribution < -0.4 is 5.32 Å². The lowest BCUT2D eigenvalue weighted by molar-refractivity contribution is 0.0933. The minimum atomic E-state index is 0.130. The van der Waals surface area contributed by atoms with Crippen molar-refractivity contribution in [2.75, 3.05) is 18.5 Å². The topological polar surface area (TPSA) is 70.8 Å². The lowest BCUT2D eigenvalue weighted by Crippen LogP contribution is -2.18. The van der Waals surface area contributed by atoms with Gasteiger partial charge in [-0.2, -0.15) is 5.26 Å². The molecule has 0 unspecified atom stereocenters. The predicted octanol–water partition coefficient (Wildman–Crippen LogP) is 2.54. The molecule has 0 radical (unpaired) electrons. The molecule has 0 spiro atoms. The third-order valence-corrected chi connectivity index (χ3v) is 3.67. The van der Waals surface area contributed by atoms with Gasteiger partial charge >= 0.3 is 0 Å². The highest BCUT2D eigenvalue weighted by Crippen LogP contribution is 2.34. The third kappa shape index (κ3) is 3.18. The molecular formula is C16H16N4O. The molecule has 1 aromatic heterocycles. The maximum absolute atomic E-state index is 8.70. The molecule has 1 fully saturated rings. The van der Waals surface area contributed by atoms with Crippen molar-refractivity contribution >= 4 is 5.82 Å². The second kappa shape index (κ2) is 6.33. The number of benzene rings is 1. The first-order valence-electron chi connectivity index (χ1n) is 7.01. The van der Waals surface area contributed by atoms with Crippen molar-refractivity contribution in [3.8, 4) is 6.07 Å². The van der Waals surface area contributed by atoms with Gasteiger partial charge in [0.05, 0.1) is 6.10 Å². The van der Waals surface area contributed by atoms with Crippen LogP contribution in [-0.2, 0) is 4.74 Å². The summed E-state index contributed by atoms with van der Waals surface area (Å²) in [5.74, 6) is 1.09. The lowest BCUT2D eigenvalue weighted by atomic mass is 9.95. The minimum absolute atomic E-state index is 0.130. The standard InChI is InChI=1S/C16H16N4O/c17-10-14-6-7-15(20-19-14)18-11-13-8-9-21-16(13)12-4-2-1-3-5-12/h1-7,13,16H,8-9,11H2,(H,18,20)/t13-,16-/m1/s1. The number of anilines is 1. The summed E-state index contributed by atoms with van der Waals surface area (Å²) in [5, 5.41) is 19.8. The monoisotopic (exact) mass is 280 g/mol. The Labute approximate surface area is 123 Å². The molecule has 2 aromatic rings. The van der Waals surface area contributed by atoms with Crippen molar-refractivity contribution in [2.45, 2.75) is 12.5 Å². The van der Waals surface area contributed by atoms with Crippen LogP contribution in [0.5, 0.6) is 0 Å². The average Bonchev–Trinajstić information content (AvgIpc) is 3.03. The molecule has 5 heteroatoms. The number of rotatable bonds is 4. The number of hydrogen-bond donors (Lipinski definition) is 1. The maximum atomic E-state index is 8.70. The fraction of sp³-hybridized carbons (Fsp3) is 0.312. The molecule has 1 aliphatic heterocycles. The largest absolute Gasteiger partial charge is 0.373 e. The van der Waals surface area contributed by atoms with E-state index in [9.17, 15) is 0 Å². The average molecular weight is 280 g/mol. The number of nitriles is 1. The highest BCUT2D eigenvalue weighted by Gasteiger charge is 2.29. The molecule has 1 aromatic carbocycles. The molecule has 21 heavy (non-hydrogen) atoms. The zero-order valence-electron chi connectivity index (χ0n) is 11.6. The van der Waals surface area contributed by atoms with E-state index in [0.29, 0.717) is 17.4 Å². The van der Waals surface area contributed by atoms with E-state index < -0.39 is 0 Å². The van der Waals surface area contributed by atoms with Gasteiger partial charge in [0.25, 0.3) is 0 Å². The number of nitrogens with zero attached hydrogens (tertiary/aromatic N) is 3. The third-order valence-electron chi connectivity index (χ3n) is 3.67. The quantitative estimate of drug-likeness (QED) is 0.931. The SMILES string of the molecule is N#Cc1ccc(NC[C@H]2CCO[C@@H]2c2ccccc2)nn1. The molecule has 0 aliphatic carbocycles. The number of aromatic nitrogens is 2. The molecule has 106 valence electrons. The van der Waals surface area contributed by atoms with E-state index in [1.165, 1.54) is 5.56 Å². The highest BCUT2D eigenvalue weighted by molar-refractivity contribution is 5.35. The van der Waals surface area contributed by atoms with Crippen molar-refractivity contribution in [2.24, 2.45) is 5.92 Å². The molecule has 1 saturated heterocycles. The van der Waals surface area contributed by atoms with E-state index in [4.69, 9.17) is 10.00 Å². The van der Waals surface area contributed by atoms with Crippen molar-refractivity contribution in [3.05, 3.63) is 53.7 Å². The first-order chi connectivity index (χ1) is 10.4. The smallest absolute Gasteiger partial charge is 0.163 e. The summed E-state index contributed by atoms with van der Waals surface area (Å²) in [6.45, 7) is 1.56. The van der Waals surface area contributed by atoms with Crippen LogP contribution in [0.4, 0.5) is 5.82 Å². The van der Waals surface area contributed by atoms with Gasteiger partial charge < -0.3 is 10.1 Å². The summed E-state index contributed by atoms with van der Waals surface area (Å²) in [7, 11) is 0. The van der Waals surface area contributed by atoms with E-state index in [1.807, 2.05) is 24.3 Å². The summed E-state index contributed by atoms with van der Waals surface area (Å²) in [5.41, 5.74) is 1.54. The van der Waals surface area contributed by atoms with Crippen LogP contribution in [0.3, 0.4) is 0 Å². The zero-order valence-corrected chi connectivity index (χ0v) is 11.6. The van der Waals surface area contributed by atoms with Crippen LogP contribution in [0, 0.1) is 17.2 Å². The first kappa shape index (κ1) is 13.5. The van der Waals surface area contributed by atoms with Crippen molar-refractivity contribution < 1.29 is 4.74 Å². The van der Waals surface area contributed by atoms with Gasteiger partial charge in [-0.1, -0.05) is 30.3 Å². The van der Waals surface area contributed by atoms with E-state index >= 15 is 0 Å². The normalized spacial score (nSPS) is 20.9. The Balaban J connectivity index is 1.63. The van der Waals surface area contributed by atoms with Crippen molar-refractivity contribution in [1.29, 1.82) is 5.26 Å². The van der Waals surface area contributed by atoms with Gasteiger partial charge in [-0.3, -0.25) is 0 Å². The zero-order chi connectivity index (χ0) is 14.5. The number of nitrogens with one attached hydrogen (secondary N) is 1. The molecule has 0 saturated carbocycles. The maximum Gasteiger partial charge on any atom is 0.163 e. The number of ether oxygens (including phenoxy) is 1. The van der Waals surface area contributed by atoms with Gasteiger partial charge in [-0.25, -0.2) is 0 Å². The molecule has 3 rings (SSSR count). The van der Waals surface area contributed by atoms with Crippen molar-refractivity contribution in [3.63, 3.8) is 0 Å². The van der Waals surface area contributed by atoms with Crippen LogP contribution in [0.15, 0.2) is 42.5 Å². The Morgan fingerprint density at radius 2 is 2.05 bits per heavy atom. The van der Waals surface area contributed by atoms with E-state index in [1.54, 1.807) is 12.1 Å². The van der Waals surface area contributed by atoms with Gasteiger partial charge in [0.2, 0.25) is 0 Å². The molecule has 0 bridgehead atoms. The Kier molecular flexibility index (Phi) is 4.08. The van der Waals surface area contributed by atoms with E-state index in [2.05, 4.69) is 27.6 Å². The number of hydrogen-bond acceptors (Lipinski definition) is 5. The highest BCUT2D eigenvalue weighted by atomic mass is 16.5. The Morgan fingerprint density at radius 3 is 2.76 bits per heavy atom. The minimum Gasteiger partial charge on any atom is -0.373 e. The Hall–Kier alpha value is -2.45. The summed E-state index contributed by atoms with van der Waals surface area (Å²) < 4.78 is 5.86. The molecule has 2 atom stereocenters. The van der Waals surface area contributed by atoms with Crippen LogP contribution in [0.1, 0.15) is 23.8 Å². The first-order valence-corrected chi connectivity index (χ1v) is 7.01. The Morgan fingerprint density at radius 1 is 1.19 bits per heavy atom. The van der Waals surface area contributed by atoms with Gasteiger partial charge in [-0.05, 0) is 24.1 Å². The van der Waals surface area contributed by atoms with Gasteiger partial charge in [0.15, 0.2) is 5.69 Å². The predicted molar refractivity (Wildman–Crippen MR) is 78.5 cm³/mol. The molecule has 1 N–H and O–H groups in total. The van der Waals surface area contributed by atoms with Crippen LogP contribution >= 0.6 is 0 Å². The fourth-order valence-corrected chi connectivity index (χ4v) is 2.58.